The minimum Gasteiger partial charge on any atom is -0.469 e. The van der Waals surface area contributed by atoms with Crippen molar-refractivity contribution in [1.29, 1.82) is 5.26 Å². The van der Waals surface area contributed by atoms with Gasteiger partial charge in [0, 0.05) is 48.9 Å². The molecule has 4 rings (SSSR count). The number of esters is 1. The van der Waals surface area contributed by atoms with Gasteiger partial charge in [0.1, 0.15) is 11.6 Å². The Morgan fingerprint density at radius 3 is 2.53 bits per heavy atom. The molecular formula is C29H26N4O5. The quantitative estimate of drug-likeness (QED) is 0.234. The van der Waals surface area contributed by atoms with Gasteiger partial charge in [0.2, 0.25) is 0 Å². The molecule has 0 unspecified atom stereocenters. The van der Waals surface area contributed by atoms with Crippen LogP contribution in [-0.4, -0.2) is 41.1 Å². The Morgan fingerprint density at radius 2 is 1.84 bits per heavy atom. The molecule has 2 heterocycles. The lowest BCUT2D eigenvalue weighted by atomic mass is 10.0. The number of aryl methyl sites for hydroxylation is 2. The summed E-state index contributed by atoms with van der Waals surface area (Å²) in [5, 5.41) is 9.63. The number of ketones is 1. The molecule has 0 saturated heterocycles. The maximum Gasteiger partial charge on any atom is 0.420 e. The van der Waals surface area contributed by atoms with E-state index in [4.69, 9.17) is 14.7 Å². The van der Waals surface area contributed by atoms with Gasteiger partial charge in [-0.25, -0.2) is 9.78 Å². The van der Waals surface area contributed by atoms with E-state index in [1.54, 1.807) is 60.9 Å². The highest BCUT2D eigenvalue weighted by Crippen LogP contribution is 2.28. The fourth-order valence-corrected chi connectivity index (χ4v) is 4.07. The van der Waals surface area contributed by atoms with E-state index in [0.29, 0.717) is 28.8 Å². The number of methoxy groups -OCH3 is 1. The molecule has 0 spiro atoms. The number of hydrogen-bond donors (Lipinski definition) is 0. The lowest BCUT2D eigenvalue weighted by Crippen LogP contribution is -2.36. The van der Waals surface area contributed by atoms with Crippen LogP contribution in [0.3, 0.4) is 0 Å². The zero-order valence-electron chi connectivity index (χ0n) is 21.1. The van der Waals surface area contributed by atoms with E-state index in [9.17, 15) is 14.4 Å². The number of nitriles is 1. The predicted molar refractivity (Wildman–Crippen MR) is 141 cm³/mol. The average molecular weight is 511 g/mol. The Hall–Kier alpha value is -4.97. The predicted octanol–water partition coefficient (Wildman–Crippen LogP) is 4.83. The number of fused-ring (bicyclic) bond motifs is 1. The molecule has 9 heteroatoms. The number of rotatable bonds is 9. The van der Waals surface area contributed by atoms with Crippen molar-refractivity contribution in [2.24, 2.45) is 7.05 Å². The van der Waals surface area contributed by atoms with E-state index in [2.05, 4.69) is 11.1 Å². The SMILES string of the molecule is COC(=O)CCN(C(=O)Oc1ccc2c(c1)c(C(=O)CCc1ccc(C#N)cc1)cn2C)c1ccccn1. The molecule has 38 heavy (non-hydrogen) atoms. The molecule has 0 fully saturated rings. The average Bonchev–Trinajstić information content (AvgIpc) is 3.28. The maximum absolute atomic E-state index is 13.1. The van der Waals surface area contributed by atoms with Crippen molar-refractivity contribution in [3.63, 3.8) is 0 Å². The first-order valence-electron chi connectivity index (χ1n) is 12.0. The van der Waals surface area contributed by atoms with Crippen molar-refractivity contribution in [3.05, 3.63) is 89.7 Å². The second kappa shape index (κ2) is 11.8. The Labute approximate surface area is 219 Å². The van der Waals surface area contributed by atoms with Crippen molar-refractivity contribution in [3.8, 4) is 11.8 Å². The van der Waals surface area contributed by atoms with Crippen LogP contribution in [-0.2, 0) is 23.0 Å². The number of Topliss-reactive ketones (excluding diaryl/α,β-unsaturated/α-hetero) is 1. The molecule has 192 valence electrons. The third-order valence-electron chi connectivity index (χ3n) is 6.10. The smallest absolute Gasteiger partial charge is 0.420 e. The van der Waals surface area contributed by atoms with Crippen molar-refractivity contribution in [2.75, 3.05) is 18.6 Å². The Kier molecular flexibility index (Phi) is 8.14. The number of ether oxygens (including phenoxy) is 2. The molecule has 0 aliphatic heterocycles. The molecule has 0 bridgehead atoms. The fourth-order valence-electron chi connectivity index (χ4n) is 4.07. The molecule has 2 aromatic carbocycles. The molecule has 4 aromatic rings. The highest BCUT2D eigenvalue weighted by molar-refractivity contribution is 6.08. The van der Waals surface area contributed by atoms with E-state index in [0.717, 1.165) is 11.1 Å². The topological polar surface area (TPSA) is 115 Å². The van der Waals surface area contributed by atoms with Gasteiger partial charge in [-0.05, 0) is 54.4 Å². The van der Waals surface area contributed by atoms with Gasteiger partial charge in [-0.1, -0.05) is 18.2 Å². The molecule has 9 nitrogen and oxygen atoms in total. The highest BCUT2D eigenvalue weighted by Gasteiger charge is 2.22. The molecule has 0 N–H and O–H groups in total. The first kappa shape index (κ1) is 26.1. The fraction of sp³-hybridized carbons (Fsp3) is 0.207. The minimum atomic E-state index is -0.712. The minimum absolute atomic E-state index is 0.0230. The van der Waals surface area contributed by atoms with Crippen LogP contribution >= 0.6 is 0 Å². The largest absolute Gasteiger partial charge is 0.469 e. The van der Waals surface area contributed by atoms with Gasteiger partial charge in [0.15, 0.2) is 5.78 Å². The van der Waals surface area contributed by atoms with Gasteiger partial charge in [0.05, 0.1) is 25.2 Å². The monoisotopic (exact) mass is 510 g/mol. The number of carbonyl (C=O) groups excluding carboxylic acids is 3. The Bertz CT molecular complexity index is 1500. The molecule has 0 radical (unpaired) electrons. The van der Waals surface area contributed by atoms with Crippen LogP contribution < -0.4 is 9.64 Å². The summed E-state index contributed by atoms with van der Waals surface area (Å²) in [5.41, 5.74) is 2.89. The number of nitrogens with zero attached hydrogens (tertiary/aromatic N) is 4. The van der Waals surface area contributed by atoms with Gasteiger partial charge in [-0.2, -0.15) is 5.26 Å². The van der Waals surface area contributed by atoms with Crippen LogP contribution in [0.4, 0.5) is 10.6 Å². The summed E-state index contributed by atoms with van der Waals surface area (Å²) in [7, 11) is 3.13. The standard InChI is InChI=1S/C29H26N4O5/c1-32-19-24(26(34)13-10-20-6-8-21(18-30)9-7-20)23-17-22(11-12-25(23)32)38-29(36)33(16-14-28(35)37-2)27-5-3-4-15-31-27/h3-9,11-12,15,17,19H,10,13-14,16H2,1-2H3. The van der Waals surface area contributed by atoms with Crippen LogP contribution in [0.2, 0.25) is 0 Å². The van der Waals surface area contributed by atoms with Crippen LogP contribution in [0.5, 0.6) is 5.75 Å². The summed E-state index contributed by atoms with van der Waals surface area (Å²) in [4.78, 5) is 43.4. The number of hydrogen-bond acceptors (Lipinski definition) is 7. The zero-order chi connectivity index (χ0) is 27.1. The number of aromatic nitrogens is 2. The lowest BCUT2D eigenvalue weighted by Gasteiger charge is -2.20. The highest BCUT2D eigenvalue weighted by atomic mass is 16.6. The number of pyridine rings is 1. The van der Waals surface area contributed by atoms with Crippen LogP contribution in [0.15, 0.2) is 73.1 Å². The number of benzene rings is 2. The second-order valence-electron chi connectivity index (χ2n) is 8.60. The van der Waals surface area contributed by atoms with Crippen molar-refractivity contribution in [1.82, 2.24) is 9.55 Å². The summed E-state index contributed by atoms with van der Waals surface area (Å²) in [6.07, 6.45) is 3.40. The van der Waals surface area contributed by atoms with Gasteiger partial charge in [-0.3, -0.25) is 14.5 Å². The summed E-state index contributed by atoms with van der Waals surface area (Å²) in [6, 6.07) is 19.4. The summed E-state index contributed by atoms with van der Waals surface area (Å²) in [5.74, 6) is 0.0833. The van der Waals surface area contributed by atoms with E-state index >= 15 is 0 Å². The number of carbonyl (C=O) groups is 3. The molecule has 0 aliphatic carbocycles. The molecule has 0 saturated carbocycles. The summed E-state index contributed by atoms with van der Waals surface area (Å²) >= 11 is 0. The molecule has 0 atom stereocenters. The van der Waals surface area contributed by atoms with E-state index in [-0.39, 0.29) is 30.9 Å². The second-order valence-corrected chi connectivity index (χ2v) is 8.60. The van der Waals surface area contributed by atoms with Crippen LogP contribution in [0, 0.1) is 11.3 Å². The molecule has 1 amide bonds. The van der Waals surface area contributed by atoms with Gasteiger partial charge in [-0.15, -0.1) is 0 Å². The van der Waals surface area contributed by atoms with Gasteiger partial charge >= 0.3 is 12.1 Å². The summed E-state index contributed by atoms with van der Waals surface area (Å²) < 4.78 is 12.2. The third-order valence-corrected chi connectivity index (χ3v) is 6.10. The lowest BCUT2D eigenvalue weighted by molar-refractivity contribution is -0.140. The first-order valence-corrected chi connectivity index (χ1v) is 12.0. The third kappa shape index (κ3) is 6.05. The van der Waals surface area contributed by atoms with Crippen molar-refractivity contribution < 1.29 is 23.9 Å². The molecule has 0 aliphatic rings. The molecule has 2 aromatic heterocycles. The first-order chi connectivity index (χ1) is 18.4. The molecular weight excluding hydrogens is 484 g/mol. The van der Waals surface area contributed by atoms with Gasteiger partial charge < -0.3 is 14.0 Å². The van der Waals surface area contributed by atoms with Crippen LogP contribution in [0.25, 0.3) is 10.9 Å². The number of amides is 1. The Morgan fingerprint density at radius 1 is 1.05 bits per heavy atom. The maximum atomic E-state index is 13.1. The van der Waals surface area contributed by atoms with Crippen molar-refractivity contribution in [2.45, 2.75) is 19.3 Å². The van der Waals surface area contributed by atoms with E-state index in [1.807, 2.05) is 23.7 Å². The normalized spacial score (nSPS) is 10.6. The van der Waals surface area contributed by atoms with E-state index in [1.165, 1.54) is 12.0 Å². The van der Waals surface area contributed by atoms with Crippen LogP contribution in [0.1, 0.15) is 34.3 Å². The van der Waals surface area contributed by atoms with Gasteiger partial charge in [0.25, 0.3) is 0 Å². The van der Waals surface area contributed by atoms with Crippen molar-refractivity contribution >= 4 is 34.6 Å². The summed E-state index contributed by atoms with van der Waals surface area (Å²) in [6.45, 7) is 0.0230. The van der Waals surface area contributed by atoms with E-state index < -0.39 is 12.1 Å². The number of anilines is 1. The zero-order valence-corrected chi connectivity index (χ0v) is 21.1. The Balaban J connectivity index is 1.53.